The quantitative estimate of drug-likeness (QED) is 0.646. The molecular weight excluding hydrogens is 436 g/mol. The first-order chi connectivity index (χ1) is 14.0. The number of para-hydroxylation sites is 1. The molecule has 1 aliphatic rings. The predicted molar refractivity (Wildman–Crippen MR) is 113 cm³/mol. The van der Waals surface area contributed by atoms with Crippen LogP contribution in [0.2, 0.25) is 0 Å². The third kappa shape index (κ3) is 5.23. The summed E-state index contributed by atoms with van der Waals surface area (Å²) in [4.78, 5) is 39.3. The van der Waals surface area contributed by atoms with Gasteiger partial charge in [-0.25, -0.2) is 4.79 Å². The van der Waals surface area contributed by atoms with Gasteiger partial charge in [-0.15, -0.1) is 0 Å². The lowest BCUT2D eigenvalue weighted by Crippen LogP contribution is -2.46. The molecule has 0 spiro atoms. The van der Waals surface area contributed by atoms with E-state index < -0.39 is 17.9 Å². The van der Waals surface area contributed by atoms with E-state index in [1.165, 1.54) is 0 Å². The largest absolute Gasteiger partial charge is 0.464 e. The third-order valence-electron chi connectivity index (χ3n) is 4.81. The number of amides is 2. The molecule has 1 N–H and O–H groups in total. The number of anilines is 1. The van der Waals surface area contributed by atoms with Crippen molar-refractivity contribution in [3.05, 3.63) is 64.6 Å². The SMILES string of the molecule is CCOC(=O)C(Cc1ccccc1)NC(=O)C1CC(=O)N(c2ccccc2Br)C1. The van der Waals surface area contributed by atoms with Gasteiger partial charge in [-0.2, -0.15) is 0 Å². The topological polar surface area (TPSA) is 75.7 Å². The van der Waals surface area contributed by atoms with E-state index in [1.54, 1.807) is 11.8 Å². The fraction of sp³-hybridized carbons (Fsp3) is 0.318. The third-order valence-corrected chi connectivity index (χ3v) is 5.48. The van der Waals surface area contributed by atoms with Crippen LogP contribution in [0, 0.1) is 5.92 Å². The molecule has 1 fully saturated rings. The average Bonchev–Trinajstić information content (AvgIpc) is 3.10. The molecule has 2 aromatic rings. The molecule has 0 aliphatic carbocycles. The van der Waals surface area contributed by atoms with E-state index in [0.717, 1.165) is 15.7 Å². The summed E-state index contributed by atoms with van der Waals surface area (Å²) in [7, 11) is 0. The van der Waals surface area contributed by atoms with Crippen LogP contribution in [0.15, 0.2) is 59.1 Å². The monoisotopic (exact) mass is 458 g/mol. The number of halogens is 1. The van der Waals surface area contributed by atoms with Crippen LogP contribution in [0.25, 0.3) is 0 Å². The second-order valence-electron chi connectivity index (χ2n) is 6.86. The number of ether oxygens (including phenoxy) is 1. The van der Waals surface area contributed by atoms with Gasteiger partial charge in [0.1, 0.15) is 6.04 Å². The maximum absolute atomic E-state index is 12.9. The molecule has 2 aromatic carbocycles. The molecule has 0 saturated carbocycles. The molecule has 3 rings (SSSR count). The van der Waals surface area contributed by atoms with E-state index >= 15 is 0 Å². The minimum atomic E-state index is -0.794. The summed E-state index contributed by atoms with van der Waals surface area (Å²) in [5, 5.41) is 2.80. The Morgan fingerprint density at radius 3 is 2.55 bits per heavy atom. The smallest absolute Gasteiger partial charge is 0.328 e. The highest BCUT2D eigenvalue weighted by atomic mass is 79.9. The molecule has 29 heavy (non-hydrogen) atoms. The second-order valence-corrected chi connectivity index (χ2v) is 7.71. The van der Waals surface area contributed by atoms with Crippen molar-refractivity contribution in [2.24, 2.45) is 5.92 Å². The van der Waals surface area contributed by atoms with Crippen LogP contribution in [-0.2, 0) is 25.5 Å². The number of carbonyl (C=O) groups excluding carboxylic acids is 3. The van der Waals surface area contributed by atoms with Crippen molar-refractivity contribution in [2.45, 2.75) is 25.8 Å². The molecule has 2 amide bonds. The van der Waals surface area contributed by atoms with Crippen molar-refractivity contribution in [3.63, 3.8) is 0 Å². The first-order valence-corrected chi connectivity index (χ1v) is 10.3. The Bertz CT molecular complexity index is 887. The van der Waals surface area contributed by atoms with E-state index in [4.69, 9.17) is 4.74 Å². The Kier molecular flexibility index (Phi) is 7.04. The summed E-state index contributed by atoms with van der Waals surface area (Å²) in [5.74, 6) is -1.44. The van der Waals surface area contributed by atoms with Crippen LogP contribution in [-0.4, -0.2) is 37.0 Å². The number of nitrogens with zero attached hydrogens (tertiary/aromatic N) is 1. The highest BCUT2D eigenvalue weighted by Crippen LogP contribution is 2.31. The van der Waals surface area contributed by atoms with Crippen molar-refractivity contribution in [1.82, 2.24) is 5.32 Å². The number of rotatable bonds is 7. The number of benzene rings is 2. The minimum Gasteiger partial charge on any atom is -0.464 e. The Hall–Kier alpha value is -2.67. The zero-order valence-electron chi connectivity index (χ0n) is 16.1. The fourth-order valence-corrected chi connectivity index (χ4v) is 3.86. The molecule has 2 atom stereocenters. The van der Waals surface area contributed by atoms with Gasteiger partial charge in [-0.3, -0.25) is 9.59 Å². The summed E-state index contributed by atoms with van der Waals surface area (Å²) >= 11 is 3.45. The van der Waals surface area contributed by atoms with Crippen molar-refractivity contribution < 1.29 is 19.1 Å². The van der Waals surface area contributed by atoms with Gasteiger partial charge in [-0.05, 0) is 40.5 Å². The van der Waals surface area contributed by atoms with Gasteiger partial charge in [0.15, 0.2) is 0 Å². The van der Waals surface area contributed by atoms with Crippen molar-refractivity contribution in [2.75, 3.05) is 18.1 Å². The molecule has 1 saturated heterocycles. The number of nitrogens with one attached hydrogen (secondary N) is 1. The van der Waals surface area contributed by atoms with Gasteiger partial charge in [0.05, 0.1) is 18.2 Å². The van der Waals surface area contributed by atoms with Gasteiger partial charge in [-0.1, -0.05) is 42.5 Å². The highest BCUT2D eigenvalue weighted by Gasteiger charge is 2.37. The van der Waals surface area contributed by atoms with E-state index in [1.807, 2.05) is 54.6 Å². The zero-order valence-corrected chi connectivity index (χ0v) is 17.7. The molecule has 1 heterocycles. The Labute approximate surface area is 178 Å². The Balaban J connectivity index is 1.70. The molecule has 1 aliphatic heterocycles. The second kappa shape index (κ2) is 9.69. The molecule has 7 heteroatoms. The fourth-order valence-electron chi connectivity index (χ4n) is 3.36. The maximum atomic E-state index is 12.9. The van der Waals surface area contributed by atoms with E-state index in [-0.39, 0.29) is 31.4 Å². The lowest BCUT2D eigenvalue weighted by Gasteiger charge is -2.20. The van der Waals surface area contributed by atoms with Crippen LogP contribution >= 0.6 is 15.9 Å². The van der Waals surface area contributed by atoms with Gasteiger partial charge in [0.25, 0.3) is 0 Å². The normalized spacial score (nSPS) is 17.1. The molecule has 6 nitrogen and oxygen atoms in total. The Morgan fingerprint density at radius 1 is 1.17 bits per heavy atom. The lowest BCUT2D eigenvalue weighted by atomic mass is 10.0. The minimum absolute atomic E-state index is 0.105. The van der Waals surface area contributed by atoms with E-state index in [2.05, 4.69) is 21.2 Å². The average molecular weight is 459 g/mol. The van der Waals surface area contributed by atoms with Crippen LogP contribution in [0.5, 0.6) is 0 Å². The van der Waals surface area contributed by atoms with Crippen molar-refractivity contribution >= 4 is 39.4 Å². The molecule has 152 valence electrons. The lowest BCUT2D eigenvalue weighted by molar-refractivity contribution is -0.147. The summed E-state index contributed by atoms with van der Waals surface area (Å²) in [6.45, 7) is 2.23. The van der Waals surface area contributed by atoms with Crippen molar-refractivity contribution in [3.8, 4) is 0 Å². The van der Waals surface area contributed by atoms with Crippen LogP contribution in [0.3, 0.4) is 0 Å². The molecule has 0 bridgehead atoms. The summed E-state index contributed by atoms with van der Waals surface area (Å²) in [5.41, 5.74) is 1.65. The van der Waals surface area contributed by atoms with Crippen LogP contribution in [0.1, 0.15) is 18.9 Å². The Morgan fingerprint density at radius 2 is 1.86 bits per heavy atom. The van der Waals surface area contributed by atoms with Crippen molar-refractivity contribution in [1.29, 1.82) is 0 Å². The number of esters is 1. The summed E-state index contributed by atoms with van der Waals surface area (Å²) in [6.07, 6.45) is 0.439. The number of hydrogen-bond donors (Lipinski definition) is 1. The van der Waals surface area contributed by atoms with Gasteiger partial charge < -0.3 is 15.0 Å². The highest BCUT2D eigenvalue weighted by molar-refractivity contribution is 9.10. The first kappa shape index (κ1) is 21.0. The summed E-state index contributed by atoms with van der Waals surface area (Å²) in [6, 6.07) is 16.0. The molecular formula is C22H23BrN2O4. The predicted octanol–water partition coefficient (Wildman–Crippen LogP) is 3.09. The van der Waals surface area contributed by atoms with Gasteiger partial charge >= 0.3 is 5.97 Å². The zero-order chi connectivity index (χ0) is 20.8. The van der Waals surface area contributed by atoms with E-state index in [0.29, 0.717) is 6.42 Å². The van der Waals surface area contributed by atoms with Gasteiger partial charge in [0.2, 0.25) is 11.8 Å². The standard InChI is InChI=1S/C22H23BrN2O4/c1-2-29-22(28)18(12-15-8-4-3-5-9-15)24-21(27)16-13-20(26)25(14-16)19-11-7-6-10-17(19)23/h3-11,16,18H,2,12-14H2,1H3,(H,24,27). The van der Waals surface area contributed by atoms with Crippen LogP contribution < -0.4 is 10.2 Å². The molecule has 0 aromatic heterocycles. The van der Waals surface area contributed by atoms with Gasteiger partial charge in [0, 0.05) is 23.9 Å². The number of hydrogen-bond acceptors (Lipinski definition) is 4. The molecule has 0 radical (unpaired) electrons. The number of carbonyl (C=O) groups is 3. The molecule has 2 unspecified atom stereocenters. The first-order valence-electron chi connectivity index (χ1n) is 9.55. The van der Waals surface area contributed by atoms with E-state index in [9.17, 15) is 14.4 Å². The maximum Gasteiger partial charge on any atom is 0.328 e. The van der Waals surface area contributed by atoms with Crippen LogP contribution in [0.4, 0.5) is 5.69 Å². The summed E-state index contributed by atoms with van der Waals surface area (Å²) < 4.78 is 5.92.